The van der Waals surface area contributed by atoms with Crippen LogP contribution in [0.3, 0.4) is 0 Å². The average molecular weight is 152 g/mol. The molecule has 0 aliphatic carbocycles. The Labute approximate surface area is 66.4 Å². The van der Waals surface area contributed by atoms with Crippen molar-refractivity contribution in [2.24, 2.45) is 0 Å². The van der Waals surface area contributed by atoms with E-state index in [1.54, 1.807) is 13.3 Å². The molecule has 1 rings (SSSR count). The lowest BCUT2D eigenvalue weighted by Crippen LogP contribution is -1.97. The van der Waals surface area contributed by atoms with E-state index in [9.17, 15) is 0 Å². The highest BCUT2D eigenvalue weighted by molar-refractivity contribution is 5.17. The van der Waals surface area contributed by atoms with Gasteiger partial charge in [0.15, 0.2) is 0 Å². The third-order valence-corrected chi connectivity index (χ3v) is 1.51. The summed E-state index contributed by atoms with van der Waals surface area (Å²) in [7, 11) is 1.60. The van der Waals surface area contributed by atoms with Gasteiger partial charge in [0.05, 0.1) is 24.7 Å². The standard InChI is InChI=1S/C8H12N2O/c1-4-7-5-9-8(11-3)6(2)10-7/h5H,4H2,1-3H3. The average Bonchev–Trinajstić information content (AvgIpc) is 2.04. The van der Waals surface area contributed by atoms with Gasteiger partial charge in [0, 0.05) is 0 Å². The van der Waals surface area contributed by atoms with Crippen molar-refractivity contribution < 1.29 is 4.74 Å². The lowest BCUT2D eigenvalue weighted by molar-refractivity contribution is 0.391. The van der Waals surface area contributed by atoms with E-state index in [1.807, 2.05) is 6.92 Å². The van der Waals surface area contributed by atoms with Crippen molar-refractivity contribution in [3.8, 4) is 5.88 Å². The van der Waals surface area contributed by atoms with E-state index in [-0.39, 0.29) is 0 Å². The van der Waals surface area contributed by atoms with Crippen molar-refractivity contribution in [2.75, 3.05) is 7.11 Å². The molecule has 0 saturated heterocycles. The van der Waals surface area contributed by atoms with Gasteiger partial charge in [-0.1, -0.05) is 6.92 Å². The Morgan fingerprint density at radius 3 is 2.73 bits per heavy atom. The van der Waals surface area contributed by atoms with E-state index in [4.69, 9.17) is 4.74 Å². The van der Waals surface area contributed by atoms with Crippen molar-refractivity contribution in [1.29, 1.82) is 0 Å². The molecule has 1 aromatic heterocycles. The molecule has 0 atom stereocenters. The third-order valence-electron chi connectivity index (χ3n) is 1.51. The van der Waals surface area contributed by atoms with Gasteiger partial charge in [0.1, 0.15) is 0 Å². The van der Waals surface area contributed by atoms with Gasteiger partial charge in [-0.2, -0.15) is 0 Å². The van der Waals surface area contributed by atoms with Crippen LogP contribution in [-0.4, -0.2) is 17.1 Å². The lowest BCUT2D eigenvalue weighted by Gasteiger charge is -2.02. The number of hydrogen-bond donors (Lipinski definition) is 0. The topological polar surface area (TPSA) is 35.0 Å². The van der Waals surface area contributed by atoms with Crippen LogP contribution in [0.1, 0.15) is 18.3 Å². The fraction of sp³-hybridized carbons (Fsp3) is 0.500. The van der Waals surface area contributed by atoms with Gasteiger partial charge in [-0.3, -0.25) is 4.98 Å². The first-order valence-electron chi connectivity index (χ1n) is 3.64. The third kappa shape index (κ3) is 1.67. The maximum absolute atomic E-state index is 4.97. The molecule has 0 fully saturated rings. The summed E-state index contributed by atoms with van der Waals surface area (Å²) < 4.78 is 4.97. The molecule has 0 unspecified atom stereocenters. The molecule has 0 aromatic carbocycles. The molecule has 0 aliphatic heterocycles. The van der Waals surface area contributed by atoms with Crippen molar-refractivity contribution in [1.82, 2.24) is 9.97 Å². The maximum atomic E-state index is 4.97. The van der Waals surface area contributed by atoms with Crippen LogP contribution in [0.2, 0.25) is 0 Å². The number of ether oxygens (including phenoxy) is 1. The van der Waals surface area contributed by atoms with Gasteiger partial charge in [0.2, 0.25) is 5.88 Å². The minimum Gasteiger partial charge on any atom is -0.480 e. The minimum absolute atomic E-state index is 0.613. The van der Waals surface area contributed by atoms with Crippen LogP contribution < -0.4 is 4.74 Å². The number of aromatic nitrogens is 2. The van der Waals surface area contributed by atoms with Gasteiger partial charge in [0.25, 0.3) is 0 Å². The second kappa shape index (κ2) is 3.32. The largest absolute Gasteiger partial charge is 0.480 e. The molecule has 11 heavy (non-hydrogen) atoms. The Kier molecular flexibility index (Phi) is 2.41. The molecule has 0 radical (unpaired) electrons. The van der Waals surface area contributed by atoms with Crippen molar-refractivity contribution >= 4 is 0 Å². The van der Waals surface area contributed by atoms with E-state index in [0.717, 1.165) is 17.8 Å². The first-order chi connectivity index (χ1) is 5.27. The van der Waals surface area contributed by atoms with Gasteiger partial charge >= 0.3 is 0 Å². The molecular formula is C8H12N2O. The Morgan fingerprint density at radius 1 is 1.55 bits per heavy atom. The maximum Gasteiger partial charge on any atom is 0.235 e. The van der Waals surface area contributed by atoms with Crippen molar-refractivity contribution in [3.63, 3.8) is 0 Å². The van der Waals surface area contributed by atoms with Crippen molar-refractivity contribution in [3.05, 3.63) is 17.6 Å². The number of hydrogen-bond acceptors (Lipinski definition) is 3. The molecule has 60 valence electrons. The Morgan fingerprint density at radius 2 is 2.27 bits per heavy atom. The fourth-order valence-electron chi connectivity index (χ4n) is 0.889. The van der Waals surface area contributed by atoms with Crippen LogP contribution in [0.5, 0.6) is 5.88 Å². The summed E-state index contributed by atoms with van der Waals surface area (Å²) in [5, 5.41) is 0. The SMILES string of the molecule is CCc1cnc(OC)c(C)n1. The summed E-state index contributed by atoms with van der Waals surface area (Å²) in [4.78, 5) is 8.36. The predicted octanol–water partition coefficient (Wildman–Crippen LogP) is 1.36. The summed E-state index contributed by atoms with van der Waals surface area (Å²) in [5.41, 5.74) is 1.86. The zero-order valence-corrected chi connectivity index (χ0v) is 7.09. The van der Waals surface area contributed by atoms with Crippen LogP contribution in [0.25, 0.3) is 0 Å². The number of nitrogens with zero attached hydrogens (tertiary/aromatic N) is 2. The number of rotatable bonds is 2. The Balaban J connectivity index is 2.99. The monoisotopic (exact) mass is 152 g/mol. The zero-order valence-electron chi connectivity index (χ0n) is 7.09. The van der Waals surface area contributed by atoms with E-state index in [2.05, 4.69) is 16.9 Å². The molecular weight excluding hydrogens is 140 g/mol. The van der Waals surface area contributed by atoms with Gasteiger partial charge < -0.3 is 4.74 Å². The molecule has 1 heterocycles. The molecule has 0 amide bonds. The highest BCUT2D eigenvalue weighted by Gasteiger charge is 2.00. The molecule has 0 bridgehead atoms. The van der Waals surface area contributed by atoms with Crippen LogP contribution in [0.15, 0.2) is 6.20 Å². The van der Waals surface area contributed by atoms with E-state index >= 15 is 0 Å². The summed E-state index contributed by atoms with van der Waals surface area (Å²) >= 11 is 0. The highest BCUT2D eigenvalue weighted by atomic mass is 16.5. The summed E-state index contributed by atoms with van der Waals surface area (Å²) in [6.45, 7) is 3.95. The normalized spacial score (nSPS) is 9.73. The quantitative estimate of drug-likeness (QED) is 0.641. The van der Waals surface area contributed by atoms with Crippen LogP contribution in [0.4, 0.5) is 0 Å². The summed E-state index contributed by atoms with van der Waals surface area (Å²) in [6, 6.07) is 0. The number of methoxy groups -OCH3 is 1. The lowest BCUT2D eigenvalue weighted by atomic mass is 10.3. The molecule has 1 aromatic rings. The first kappa shape index (κ1) is 7.98. The van der Waals surface area contributed by atoms with Crippen LogP contribution >= 0.6 is 0 Å². The summed E-state index contributed by atoms with van der Waals surface area (Å²) in [5.74, 6) is 0.613. The Hall–Kier alpha value is -1.12. The van der Waals surface area contributed by atoms with Gasteiger partial charge in [-0.05, 0) is 13.3 Å². The predicted molar refractivity (Wildman–Crippen MR) is 42.7 cm³/mol. The molecule has 0 N–H and O–H groups in total. The zero-order chi connectivity index (χ0) is 8.27. The van der Waals surface area contributed by atoms with E-state index < -0.39 is 0 Å². The Bertz CT molecular complexity index is 248. The first-order valence-corrected chi connectivity index (χ1v) is 3.64. The van der Waals surface area contributed by atoms with Gasteiger partial charge in [-0.15, -0.1) is 0 Å². The fourth-order valence-corrected chi connectivity index (χ4v) is 0.889. The molecule has 0 aliphatic rings. The second-order valence-electron chi connectivity index (χ2n) is 2.31. The smallest absolute Gasteiger partial charge is 0.235 e. The van der Waals surface area contributed by atoms with Crippen LogP contribution in [0, 0.1) is 6.92 Å². The molecule has 0 spiro atoms. The molecule has 0 saturated carbocycles. The van der Waals surface area contributed by atoms with E-state index in [1.165, 1.54) is 0 Å². The van der Waals surface area contributed by atoms with Crippen LogP contribution in [-0.2, 0) is 6.42 Å². The minimum atomic E-state index is 0.613. The van der Waals surface area contributed by atoms with Crippen molar-refractivity contribution in [2.45, 2.75) is 20.3 Å². The second-order valence-corrected chi connectivity index (χ2v) is 2.31. The summed E-state index contributed by atoms with van der Waals surface area (Å²) in [6.07, 6.45) is 2.66. The molecule has 3 heteroatoms. The molecule has 3 nitrogen and oxygen atoms in total. The highest BCUT2D eigenvalue weighted by Crippen LogP contribution is 2.10. The van der Waals surface area contributed by atoms with E-state index in [0.29, 0.717) is 5.88 Å². The van der Waals surface area contributed by atoms with Gasteiger partial charge in [-0.25, -0.2) is 4.98 Å². The number of aryl methyl sites for hydroxylation is 2.